The van der Waals surface area contributed by atoms with E-state index < -0.39 is 0 Å². The zero-order chi connectivity index (χ0) is 14.7. The van der Waals surface area contributed by atoms with E-state index in [0.717, 1.165) is 24.4 Å². The number of nitriles is 1. The lowest BCUT2D eigenvalue weighted by molar-refractivity contribution is 0.0967. The summed E-state index contributed by atoms with van der Waals surface area (Å²) >= 11 is 0. The van der Waals surface area contributed by atoms with Crippen LogP contribution in [-0.2, 0) is 13.1 Å². The number of aryl methyl sites for hydroxylation is 1. The maximum atomic E-state index is 12.3. The van der Waals surface area contributed by atoms with Gasteiger partial charge in [-0.1, -0.05) is 6.92 Å². The molecule has 0 N–H and O–H groups in total. The Morgan fingerprint density at radius 3 is 2.80 bits per heavy atom. The fourth-order valence-electron chi connectivity index (χ4n) is 2.31. The minimum atomic E-state index is -0.0187. The van der Waals surface area contributed by atoms with Gasteiger partial charge >= 0.3 is 0 Å². The van der Waals surface area contributed by atoms with Crippen LogP contribution in [0.4, 0.5) is 0 Å². The van der Waals surface area contributed by atoms with Crippen LogP contribution in [-0.4, -0.2) is 25.1 Å². The van der Waals surface area contributed by atoms with E-state index in [-0.39, 0.29) is 18.2 Å². The van der Waals surface area contributed by atoms with Gasteiger partial charge in [-0.2, -0.15) is 5.26 Å². The van der Waals surface area contributed by atoms with Crippen LogP contribution in [0.5, 0.6) is 0 Å². The summed E-state index contributed by atoms with van der Waals surface area (Å²) in [7, 11) is 0. The topological polar surface area (TPSA) is 76.5 Å². The van der Waals surface area contributed by atoms with Crippen molar-refractivity contribution in [2.75, 3.05) is 0 Å². The molecule has 2 rings (SSSR count). The SMILES string of the molecule is CCCn1c(C)cc(C(=O)Cn2cnc(C#N)n2)c1C. The van der Waals surface area contributed by atoms with Gasteiger partial charge in [0.05, 0.1) is 0 Å². The molecule has 0 saturated heterocycles. The van der Waals surface area contributed by atoms with Crippen molar-refractivity contribution in [1.29, 1.82) is 5.26 Å². The first-order valence-electron chi connectivity index (χ1n) is 6.56. The van der Waals surface area contributed by atoms with Crippen molar-refractivity contribution in [2.45, 2.75) is 40.3 Å². The van der Waals surface area contributed by atoms with E-state index in [4.69, 9.17) is 5.26 Å². The predicted molar refractivity (Wildman–Crippen MR) is 73.3 cm³/mol. The predicted octanol–water partition coefficient (Wildman–Crippen LogP) is 1.86. The van der Waals surface area contributed by atoms with Crippen molar-refractivity contribution in [3.63, 3.8) is 0 Å². The van der Waals surface area contributed by atoms with Gasteiger partial charge < -0.3 is 4.57 Å². The van der Waals surface area contributed by atoms with Crippen molar-refractivity contribution < 1.29 is 4.79 Å². The Morgan fingerprint density at radius 1 is 1.45 bits per heavy atom. The van der Waals surface area contributed by atoms with Gasteiger partial charge in [0.15, 0.2) is 5.78 Å². The molecule has 0 saturated carbocycles. The molecule has 2 aromatic heterocycles. The smallest absolute Gasteiger partial charge is 0.252 e. The van der Waals surface area contributed by atoms with Gasteiger partial charge in [0, 0.05) is 23.5 Å². The Bertz CT molecular complexity index is 674. The number of carbonyl (C=O) groups is 1. The second kappa shape index (κ2) is 5.70. The van der Waals surface area contributed by atoms with E-state index >= 15 is 0 Å². The van der Waals surface area contributed by atoms with E-state index in [9.17, 15) is 4.79 Å². The molecule has 20 heavy (non-hydrogen) atoms. The van der Waals surface area contributed by atoms with Gasteiger partial charge in [0.1, 0.15) is 18.9 Å². The highest BCUT2D eigenvalue weighted by Crippen LogP contribution is 2.16. The normalized spacial score (nSPS) is 10.5. The lowest BCUT2D eigenvalue weighted by Gasteiger charge is -2.07. The molecule has 0 fully saturated rings. The molecule has 6 nitrogen and oxygen atoms in total. The number of aromatic nitrogens is 4. The summed E-state index contributed by atoms with van der Waals surface area (Å²) in [4.78, 5) is 16.1. The lowest BCUT2D eigenvalue weighted by Crippen LogP contribution is -2.12. The molecule has 2 aromatic rings. The molecule has 0 aromatic carbocycles. The Balaban J connectivity index is 2.21. The Labute approximate surface area is 117 Å². The van der Waals surface area contributed by atoms with E-state index in [1.807, 2.05) is 26.0 Å². The summed E-state index contributed by atoms with van der Waals surface area (Å²) in [6.45, 7) is 7.08. The van der Waals surface area contributed by atoms with Crippen molar-refractivity contribution in [2.24, 2.45) is 0 Å². The van der Waals surface area contributed by atoms with Crippen LogP contribution < -0.4 is 0 Å². The third kappa shape index (κ3) is 2.62. The first-order valence-corrected chi connectivity index (χ1v) is 6.56. The number of carbonyl (C=O) groups excluding carboxylic acids is 1. The maximum absolute atomic E-state index is 12.3. The summed E-state index contributed by atoms with van der Waals surface area (Å²) in [5.74, 6) is 0.0594. The zero-order valence-electron chi connectivity index (χ0n) is 11.9. The van der Waals surface area contributed by atoms with Gasteiger partial charge in [-0.15, -0.1) is 5.10 Å². The van der Waals surface area contributed by atoms with Crippen molar-refractivity contribution in [3.8, 4) is 6.07 Å². The monoisotopic (exact) mass is 271 g/mol. The number of nitrogens with zero attached hydrogens (tertiary/aromatic N) is 5. The highest BCUT2D eigenvalue weighted by molar-refractivity contribution is 5.97. The third-order valence-corrected chi connectivity index (χ3v) is 3.26. The van der Waals surface area contributed by atoms with Crippen LogP contribution in [0, 0.1) is 25.2 Å². The summed E-state index contributed by atoms with van der Waals surface area (Å²) in [6, 6.07) is 3.76. The van der Waals surface area contributed by atoms with E-state index in [0.29, 0.717) is 5.56 Å². The second-order valence-corrected chi connectivity index (χ2v) is 4.74. The Kier molecular flexibility index (Phi) is 3.99. The number of Topliss-reactive ketones (excluding diaryl/α,β-unsaturated/α-hetero) is 1. The standard InChI is InChI=1S/C14H17N5O/c1-4-5-19-10(2)6-12(11(19)3)13(20)8-18-9-16-14(7-15)17-18/h6,9H,4-5,8H2,1-3H3. The van der Waals surface area contributed by atoms with Crippen LogP contribution in [0.2, 0.25) is 0 Å². The fraction of sp³-hybridized carbons (Fsp3) is 0.429. The van der Waals surface area contributed by atoms with Gasteiger partial charge in [-0.05, 0) is 26.3 Å². The highest BCUT2D eigenvalue weighted by atomic mass is 16.1. The molecule has 0 spiro atoms. The summed E-state index contributed by atoms with van der Waals surface area (Å²) in [6.07, 6.45) is 2.43. The molecule has 0 aliphatic rings. The minimum Gasteiger partial charge on any atom is -0.348 e. The molecule has 2 heterocycles. The van der Waals surface area contributed by atoms with Crippen LogP contribution in [0.15, 0.2) is 12.4 Å². The Hall–Kier alpha value is -2.42. The summed E-state index contributed by atoms with van der Waals surface area (Å²) < 4.78 is 3.54. The van der Waals surface area contributed by atoms with Crippen LogP contribution in [0.3, 0.4) is 0 Å². The first kappa shape index (κ1) is 14.0. The average molecular weight is 271 g/mol. The van der Waals surface area contributed by atoms with E-state index in [1.54, 1.807) is 0 Å². The minimum absolute atomic E-state index is 0.0187. The van der Waals surface area contributed by atoms with Gasteiger partial charge in [0.25, 0.3) is 5.82 Å². The first-order chi connectivity index (χ1) is 9.56. The quantitative estimate of drug-likeness (QED) is 0.778. The van der Waals surface area contributed by atoms with Crippen molar-refractivity contribution in [3.05, 3.63) is 35.2 Å². The molecule has 0 bridgehead atoms. The number of rotatable bonds is 5. The molecule has 104 valence electrons. The van der Waals surface area contributed by atoms with Gasteiger partial charge in [-0.3, -0.25) is 4.79 Å². The summed E-state index contributed by atoms with van der Waals surface area (Å²) in [5, 5.41) is 12.6. The molecule has 0 amide bonds. The molecule has 0 atom stereocenters. The van der Waals surface area contributed by atoms with Crippen LogP contribution in [0.1, 0.15) is 40.9 Å². The Morgan fingerprint density at radius 2 is 2.20 bits per heavy atom. The van der Waals surface area contributed by atoms with E-state index in [2.05, 4.69) is 21.6 Å². The lowest BCUT2D eigenvalue weighted by atomic mass is 10.1. The van der Waals surface area contributed by atoms with Crippen LogP contribution >= 0.6 is 0 Å². The highest BCUT2D eigenvalue weighted by Gasteiger charge is 2.16. The van der Waals surface area contributed by atoms with Crippen molar-refractivity contribution >= 4 is 5.78 Å². The average Bonchev–Trinajstić information content (AvgIpc) is 2.98. The second-order valence-electron chi connectivity index (χ2n) is 4.74. The van der Waals surface area contributed by atoms with Crippen molar-refractivity contribution in [1.82, 2.24) is 19.3 Å². The number of ketones is 1. The maximum Gasteiger partial charge on any atom is 0.252 e. The largest absolute Gasteiger partial charge is 0.348 e. The molecule has 0 radical (unpaired) electrons. The third-order valence-electron chi connectivity index (χ3n) is 3.26. The zero-order valence-corrected chi connectivity index (χ0v) is 11.9. The molecule has 0 unspecified atom stereocenters. The fourth-order valence-corrected chi connectivity index (χ4v) is 2.31. The molecule has 0 aliphatic heterocycles. The number of hydrogen-bond donors (Lipinski definition) is 0. The number of hydrogen-bond acceptors (Lipinski definition) is 4. The molecular weight excluding hydrogens is 254 g/mol. The van der Waals surface area contributed by atoms with E-state index in [1.165, 1.54) is 11.0 Å². The molecule has 6 heteroatoms. The van der Waals surface area contributed by atoms with Crippen LogP contribution in [0.25, 0.3) is 0 Å². The summed E-state index contributed by atoms with van der Waals surface area (Å²) in [5.41, 5.74) is 2.78. The van der Waals surface area contributed by atoms with Gasteiger partial charge in [0.2, 0.25) is 0 Å². The van der Waals surface area contributed by atoms with Gasteiger partial charge in [-0.25, -0.2) is 9.67 Å². The molecule has 0 aliphatic carbocycles. The molecular formula is C14H17N5O.